The summed E-state index contributed by atoms with van der Waals surface area (Å²) >= 11 is 1.26. The van der Waals surface area contributed by atoms with Crippen molar-refractivity contribution in [3.05, 3.63) is 27.1 Å². The molecule has 2 unspecified atom stereocenters. The lowest BCUT2D eigenvalue weighted by Crippen LogP contribution is -2.47. The zero-order valence-corrected chi connectivity index (χ0v) is 12.3. The minimum Gasteiger partial charge on any atom is -0.374 e. The van der Waals surface area contributed by atoms with Gasteiger partial charge in [0.15, 0.2) is 0 Å². The first-order chi connectivity index (χ1) is 9.65. The Morgan fingerprint density at radius 3 is 3.00 bits per heavy atom. The van der Waals surface area contributed by atoms with Crippen molar-refractivity contribution in [1.29, 1.82) is 0 Å². The molecule has 0 amide bonds. The molecule has 2 atom stereocenters. The van der Waals surface area contributed by atoms with E-state index in [9.17, 15) is 10.1 Å². The number of nitrogens with one attached hydrogen (secondary N) is 1. The monoisotopic (exact) mass is 297 g/mol. The van der Waals surface area contributed by atoms with Crippen LogP contribution in [0, 0.1) is 10.1 Å². The smallest absolute Gasteiger partial charge is 0.324 e. The fourth-order valence-electron chi connectivity index (χ4n) is 2.60. The Balaban J connectivity index is 1.74. The van der Waals surface area contributed by atoms with Gasteiger partial charge in [-0.2, -0.15) is 0 Å². The van der Waals surface area contributed by atoms with Crippen molar-refractivity contribution in [2.45, 2.75) is 31.0 Å². The lowest BCUT2D eigenvalue weighted by Gasteiger charge is -2.38. The minimum absolute atomic E-state index is 0.0626. The molecule has 1 aliphatic heterocycles. The van der Waals surface area contributed by atoms with Crippen molar-refractivity contribution in [2.75, 3.05) is 26.7 Å². The van der Waals surface area contributed by atoms with Gasteiger partial charge in [0.2, 0.25) is 0 Å². The van der Waals surface area contributed by atoms with Gasteiger partial charge in [-0.15, -0.1) is 0 Å². The van der Waals surface area contributed by atoms with Crippen LogP contribution in [0.5, 0.6) is 0 Å². The molecule has 7 heteroatoms. The molecule has 1 aliphatic carbocycles. The van der Waals surface area contributed by atoms with Crippen molar-refractivity contribution in [1.82, 2.24) is 10.2 Å². The number of hydrogen-bond donors (Lipinski definition) is 1. The molecular formula is C13H19N3O3S. The highest BCUT2D eigenvalue weighted by molar-refractivity contribution is 7.15. The van der Waals surface area contributed by atoms with E-state index in [4.69, 9.17) is 4.74 Å². The number of likely N-dealkylation sites (N-methyl/N-ethyl adjacent to an activating group) is 1. The van der Waals surface area contributed by atoms with Crippen LogP contribution >= 0.6 is 11.3 Å². The van der Waals surface area contributed by atoms with Gasteiger partial charge in [-0.25, -0.2) is 0 Å². The van der Waals surface area contributed by atoms with Crippen LogP contribution in [0.15, 0.2) is 12.1 Å². The van der Waals surface area contributed by atoms with E-state index >= 15 is 0 Å². The third kappa shape index (κ3) is 3.01. The van der Waals surface area contributed by atoms with E-state index in [2.05, 4.69) is 17.3 Å². The van der Waals surface area contributed by atoms with Crippen LogP contribution in [-0.2, 0) is 4.74 Å². The van der Waals surface area contributed by atoms with Crippen LogP contribution in [0.4, 0.5) is 5.00 Å². The molecule has 2 aliphatic rings. The summed E-state index contributed by atoms with van der Waals surface area (Å²) in [5.74, 6) is 0. The molecule has 1 aromatic heterocycles. The standard InChI is InChI=1S/C13H19N3O3S/c1-15-6-7-19-10(8-14-9-2-3-9)13(15)11-4-5-12(20-11)16(17)18/h4-5,9-10,13-14H,2-3,6-8H2,1H3. The summed E-state index contributed by atoms with van der Waals surface area (Å²) in [6, 6.07) is 4.20. The number of rotatable bonds is 5. The second kappa shape index (κ2) is 5.77. The Bertz CT molecular complexity index is 489. The van der Waals surface area contributed by atoms with Crippen molar-refractivity contribution in [3.8, 4) is 0 Å². The molecule has 0 aromatic carbocycles. The minimum atomic E-state index is -0.324. The van der Waals surface area contributed by atoms with Crippen LogP contribution in [0.1, 0.15) is 23.8 Å². The highest BCUT2D eigenvalue weighted by Crippen LogP contribution is 2.36. The predicted molar refractivity (Wildman–Crippen MR) is 77.1 cm³/mol. The molecule has 1 saturated carbocycles. The quantitative estimate of drug-likeness (QED) is 0.663. The summed E-state index contributed by atoms with van der Waals surface area (Å²) in [6.07, 6.45) is 2.56. The van der Waals surface area contributed by atoms with Crippen molar-refractivity contribution >= 4 is 16.3 Å². The van der Waals surface area contributed by atoms with Crippen LogP contribution in [0.2, 0.25) is 0 Å². The maximum Gasteiger partial charge on any atom is 0.324 e. The molecule has 20 heavy (non-hydrogen) atoms. The van der Waals surface area contributed by atoms with Crippen molar-refractivity contribution < 1.29 is 9.66 Å². The van der Waals surface area contributed by atoms with E-state index in [0.717, 1.165) is 24.6 Å². The molecule has 2 heterocycles. The van der Waals surface area contributed by atoms with E-state index in [1.54, 1.807) is 6.07 Å². The predicted octanol–water partition coefficient (Wildman–Crippen LogP) is 1.78. The molecule has 3 rings (SSSR count). The summed E-state index contributed by atoms with van der Waals surface area (Å²) in [7, 11) is 2.06. The number of nitro groups is 1. The first-order valence-electron chi connectivity index (χ1n) is 6.94. The van der Waals surface area contributed by atoms with E-state index < -0.39 is 0 Å². The number of ether oxygens (including phenoxy) is 1. The van der Waals surface area contributed by atoms with E-state index in [-0.39, 0.29) is 22.1 Å². The van der Waals surface area contributed by atoms with E-state index in [1.165, 1.54) is 24.2 Å². The highest BCUT2D eigenvalue weighted by Gasteiger charge is 2.34. The molecule has 0 spiro atoms. The Morgan fingerprint density at radius 1 is 1.55 bits per heavy atom. The molecule has 0 radical (unpaired) electrons. The Hall–Kier alpha value is -1.02. The topological polar surface area (TPSA) is 67.6 Å². The van der Waals surface area contributed by atoms with Crippen LogP contribution in [0.25, 0.3) is 0 Å². The fourth-order valence-corrected chi connectivity index (χ4v) is 3.64. The Morgan fingerprint density at radius 2 is 2.35 bits per heavy atom. The molecule has 1 N–H and O–H groups in total. The summed E-state index contributed by atoms with van der Waals surface area (Å²) in [6.45, 7) is 2.39. The molecule has 1 saturated heterocycles. The maximum atomic E-state index is 10.8. The van der Waals surface area contributed by atoms with Crippen molar-refractivity contribution in [3.63, 3.8) is 0 Å². The van der Waals surface area contributed by atoms with Crippen LogP contribution < -0.4 is 5.32 Å². The summed E-state index contributed by atoms with van der Waals surface area (Å²) in [5, 5.41) is 14.5. The van der Waals surface area contributed by atoms with Gasteiger partial charge in [0.25, 0.3) is 0 Å². The Kier molecular flexibility index (Phi) is 4.02. The van der Waals surface area contributed by atoms with Gasteiger partial charge in [0.1, 0.15) is 0 Å². The summed E-state index contributed by atoms with van der Waals surface area (Å²) < 4.78 is 5.90. The number of nitrogens with zero attached hydrogens (tertiary/aromatic N) is 2. The molecule has 110 valence electrons. The first-order valence-corrected chi connectivity index (χ1v) is 7.76. The van der Waals surface area contributed by atoms with Gasteiger partial charge in [0, 0.05) is 30.1 Å². The normalized spacial score (nSPS) is 27.6. The third-order valence-corrected chi connectivity index (χ3v) is 4.98. The summed E-state index contributed by atoms with van der Waals surface area (Å²) in [4.78, 5) is 13.8. The zero-order valence-electron chi connectivity index (χ0n) is 11.4. The van der Waals surface area contributed by atoms with Crippen LogP contribution in [-0.4, -0.2) is 48.7 Å². The third-order valence-electron chi connectivity index (χ3n) is 3.87. The average Bonchev–Trinajstić information content (AvgIpc) is 3.12. The largest absolute Gasteiger partial charge is 0.374 e. The van der Waals surface area contributed by atoms with Gasteiger partial charge in [-0.1, -0.05) is 11.3 Å². The second-order valence-electron chi connectivity index (χ2n) is 5.45. The average molecular weight is 297 g/mol. The highest BCUT2D eigenvalue weighted by atomic mass is 32.1. The Labute approximate surface area is 121 Å². The molecule has 1 aromatic rings. The van der Waals surface area contributed by atoms with E-state index in [0.29, 0.717) is 6.04 Å². The van der Waals surface area contributed by atoms with Crippen LogP contribution in [0.3, 0.4) is 0 Å². The fraction of sp³-hybridized carbons (Fsp3) is 0.692. The van der Waals surface area contributed by atoms with Gasteiger partial charge < -0.3 is 10.1 Å². The van der Waals surface area contributed by atoms with Gasteiger partial charge in [-0.05, 0) is 26.0 Å². The number of thiophene rings is 1. The lowest BCUT2D eigenvalue weighted by atomic mass is 10.1. The van der Waals surface area contributed by atoms with Gasteiger partial charge >= 0.3 is 5.00 Å². The lowest BCUT2D eigenvalue weighted by molar-refractivity contribution is -0.380. The number of morpholine rings is 1. The second-order valence-corrected chi connectivity index (χ2v) is 6.54. The summed E-state index contributed by atoms with van der Waals surface area (Å²) in [5.41, 5.74) is 0. The maximum absolute atomic E-state index is 10.8. The first kappa shape index (κ1) is 13.9. The molecular weight excluding hydrogens is 278 g/mol. The molecule has 0 bridgehead atoms. The van der Waals surface area contributed by atoms with E-state index in [1.807, 2.05) is 6.07 Å². The molecule has 2 fully saturated rings. The van der Waals surface area contributed by atoms with Crippen molar-refractivity contribution in [2.24, 2.45) is 0 Å². The SMILES string of the molecule is CN1CCOC(CNC2CC2)C1c1ccc([N+](=O)[O-])s1. The number of hydrogen-bond acceptors (Lipinski definition) is 6. The van der Waals surface area contributed by atoms with Gasteiger partial charge in [0.05, 0.1) is 23.7 Å². The van der Waals surface area contributed by atoms with Gasteiger partial charge in [-0.3, -0.25) is 15.0 Å². The zero-order chi connectivity index (χ0) is 14.1. The molecule has 6 nitrogen and oxygen atoms in total.